The van der Waals surface area contributed by atoms with Crippen molar-refractivity contribution < 1.29 is 18.3 Å². The topological polar surface area (TPSA) is 88.4 Å². The number of alkyl halides is 2. The van der Waals surface area contributed by atoms with Gasteiger partial charge in [-0.05, 0) is 37.8 Å². The summed E-state index contributed by atoms with van der Waals surface area (Å²) in [7, 11) is 1.85. The Labute approximate surface area is 208 Å². The Morgan fingerprint density at radius 1 is 1.08 bits per heavy atom. The molecule has 9 nitrogen and oxygen atoms in total. The molecule has 3 heterocycles. The van der Waals surface area contributed by atoms with Gasteiger partial charge in [-0.1, -0.05) is 12.1 Å². The first-order valence-electron chi connectivity index (χ1n) is 12.4. The average Bonchev–Trinajstić information content (AvgIpc) is 3.29. The number of hydrogen-bond acceptors (Lipinski definition) is 7. The highest BCUT2D eigenvalue weighted by Gasteiger charge is 2.27. The molecule has 36 heavy (non-hydrogen) atoms. The van der Waals surface area contributed by atoms with Crippen molar-refractivity contribution in [1.29, 1.82) is 0 Å². The van der Waals surface area contributed by atoms with E-state index in [2.05, 4.69) is 20.2 Å². The molecule has 1 aliphatic carbocycles. The van der Waals surface area contributed by atoms with Crippen LogP contribution in [0, 0.1) is 0 Å². The Bertz CT molecular complexity index is 1220. The summed E-state index contributed by atoms with van der Waals surface area (Å²) in [5, 5.41) is 3.44. The molecule has 2 fully saturated rings. The molecule has 1 saturated carbocycles. The summed E-state index contributed by atoms with van der Waals surface area (Å²) in [5.41, 5.74) is 1.06. The molecular formula is C25H31F2N7O2. The monoisotopic (exact) mass is 499 g/mol. The molecular weight excluding hydrogens is 468 g/mol. The number of imidazole rings is 1. The maximum atomic E-state index is 14.0. The number of anilines is 2. The van der Waals surface area contributed by atoms with Crippen LogP contribution in [0.4, 0.5) is 20.5 Å². The number of amides is 1. The predicted octanol–water partition coefficient (Wildman–Crippen LogP) is 3.79. The summed E-state index contributed by atoms with van der Waals surface area (Å²) >= 11 is 0. The summed E-state index contributed by atoms with van der Waals surface area (Å²) < 4.78 is 35.0. The van der Waals surface area contributed by atoms with Gasteiger partial charge in [-0.25, -0.2) is 13.8 Å². The number of nitrogens with one attached hydrogen (secondary N) is 1. The SMILES string of the molecule is CC(=O)N(C)[C@H]1CC[C@H](Nc2nc(N3CCOCC3)cc(-n3c(C(F)F)nc4ccccc43)n2)CC1. The molecule has 5 rings (SSSR count). The number of fused-ring (bicyclic) bond motifs is 1. The molecule has 0 spiro atoms. The van der Waals surface area contributed by atoms with Crippen LogP contribution < -0.4 is 10.2 Å². The van der Waals surface area contributed by atoms with Gasteiger partial charge in [0.1, 0.15) is 11.6 Å². The molecule has 2 aliphatic rings. The summed E-state index contributed by atoms with van der Waals surface area (Å²) in [5.74, 6) is 1.13. The van der Waals surface area contributed by atoms with Gasteiger partial charge in [0, 0.05) is 45.2 Å². The lowest BCUT2D eigenvalue weighted by Gasteiger charge is -2.34. The highest BCUT2D eigenvalue weighted by Crippen LogP contribution is 2.30. The van der Waals surface area contributed by atoms with E-state index in [9.17, 15) is 13.6 Å². The Kier molecular flexibility index (Phi) is 6.99. The zero-order valence-corrected chi connectivity index (χ0v) is 20.5. The highest BCUT2D eigenvalue weighted by molar-refractivity contribution is 5.78. The van der Waals surface area contributed by atoms with Gasteiger partial charge in [-0.15, -0.1) is 0 Å². The third kappa shape index (κ3) is 4.97. The Morgan fingerprint density at radius 3 is 2.47 bits per heavy atom. The highest BCUT2D eigenvalue weighted by atomic mass is 19.3. The van der Waals surface area contributed by atoms with E-state index in [-0.39, 0.29) is 23.8 Å². The minimum absolute atomic E-state index is 0.0694. The van der Waals surface area contributed by atoms with Crippen molar-refractivity contribution >= 4 is 28.7 Å². The maximum absolute atomic E-state index is 14.0. The number of carbonyl (C=O) groups excluding carboxylic acids is 1. The number of nitrogens with zero attached hydrogens (tertiary/aromatic N) is 6. The first-order valence-corrected chi connectivity index (χ1v) is 12.4. The fourth-order valence-corrected chi connectivity index (χ4v) is 5.03. The Hall–Kier alpha value is -3.34. The number of halogens is 2. The molecule has 0 radical (unpaired) electrons. The van der Waals surface area contributed by atoms with Crippen LogP contribution in [0.3, 0.4) is 0 Å². The van der Waals surface area contributed by atoms with Crippen LogP contribution in [-0.2, 0) is 9.53 Å². The van der Waals surface area contributed by atoms with Crippen LogP contribution in [-0.4, -0.2) is 75.8 Å². The van der Waals surface area contributed by atoms with Crippen LogP contribution in [0.2, 0.25) is 0 Å². The van der Waals surface area contributed by atoms with E-state index in [0.29, 0.717) is 54.9 Å². The van der Waals surface area contributed by atoms with Crippen molar-refractivity contribution in [2.45, 2.75) is 51.1 Å². The van der Waals surface area contributed by atoms with Gasteiger partial charge in [0.2, 0.25) is 11.9 Å². The van der Waals surface area contributed by atoms with E-state index in [1.54, 1.807) is 42.2 Å². The van der Waals surface area contributed by atoms with Crippen molar-refractivity contribution in [3.8, 4) is 5.82 Å². The molecule has 0 bridgehead atoms. The standard InChI is InChI=1S/C25H31F2N7O2/c1-16(35)32(2)18-9-7-17(8-10-18)28-25-30-21(33-11-13-36-14-12-33)15-22(31-25)34-20-6-4-3-5-19(20)29-24(34)23(26)27/h3-6,15,17-18,23H,7-14H2,1-2H3,(H,28,30,31)/t17-,18-. The third-order valence-electron chi connectivity index (χ3n) is 7.12. The van der Waals surface area contributed by atoms with Crippen molar-refractivity contribution in [1.82, 2.24) is 24.4 Å². The van der Waals surface area contributed by atoms with Crippen molar-refractivity contribution in [3.63, 3.8) is 0 Å². The fraction of sp³-hybridized carbons (Fsp3) is 0.520. The van der Waals surface area contributed by atoms with Gasteiger partial charge >= 0.3 is 0 Å². The normalized spacial score (nSPS) is 20.6. The quantitative estimate of drug-likeness (QED) is 0.552. The Balaban J connectivity index is 1.48. The first kappa shape index (κ1) is 24.4. The van der Waals surface area contributed by atoms with Crippen LogP contribution in [0.25, 0.3) is 16.9 Å². The van der Waals surface area contributed by atoms with Gasteiger partial charge in [-0.3, -0.25) is 9.36 Å². The summed E-state index contributed by atoms with van der Waals surface area (Å²) in [4.78, 5) is 29.3. The van der Waals surface area contributed by atoms with E-state index in [1.807, 2.05) is 7.05 Å². The number of para-hydroxylation sites is 2. The molecule has 1 aromatic carbocycles. The zero-order chi connectivity index (χ0) is 25.2. The molecule has 1 N–H and O–H groups in total. The van der Waals surface area contributed by atoms with Crippen LogP contribution in [0.15, 0.2) is 30.3 Å². The fourth-order valence-electron chi connectivity index (χ4n) is 5.03. The predicted molar refractivity (Wildman–Crippen MR) is 133 cm³/mol. The number of rotatable bonds is 6. The van der Waals surface area contributed by atoms with Crippen molar-refractivity contribution in [3.05, 3.63) is 36.2 Å². The summed E-state index contributed by atoms with van der Waals surface area (Å²) in [6.07, 6.45) is 0.721. The molecule has 11 heteroatoms. The average molecular weight is 500 g/mol. The van der Waals surface area contributed by atoms with E-state index in [4.69, 9.17) is 9.72 Å². The lowest BCUT2D eigenvalue weighted by Crippen LogP contribution is -2.40. The smallest absolute Gasteiger partial charge is 0.296 e. The zero-order valence-electron chi connectivity index (χ0n) is 20.5. The molecule has 2 aromatic heterocycles. The largest absolute Gasteiger partial charge is 0.378 e. The number of hydrogen-bond donors (Lipinski definition) is 1. The molecule has 192 valence electrons. The van der Waals surface area contributed by atoms with Crippen LogP contribution in [0.5, 0.6) is 0 Å². The number of ether oxygens (including phenoxy) is 1. The molecule has 3 aromatic rings. The van der Waals surface area contributed by atoms with Crippen molar-refractivity contribution in [2.75, 3.05) is 43.6 Å². The second-order valence-corrected chi connectivity index (χ2v) is 9.38. The van der Waals surface area contributed by atoms with E-state index in [0.717, 1.165) is 25.7 Å². The van der Waals surface area contributed by atoms with Gasteiger partial charge < -0.3 is 19.9 Å². The lowest BCUT2D eigenvalue weighted by atomic mass is 9.90. The number of carbonyl (C=O) groups is 1. The van der Waals surface area contributed by atoms with Crippen LogP contribution >= 0.6 is 0 Å². The first-order chi connectivity index (χ1) is 17.4. The summed E-state index contributed by atoms with van der Waals surface area (Å²) in [6.45, 7) is 4.05. The van der Waals surface area contributed by atoms with Crippen molar-refractivity contribution in [2.24, 2.45) is 0 Å². The third-order valence-corrected chi connectivity index (χ3v) is 7.12. The van der Waals surface area contributed by atoms with E-state index in [1.165, 1.54) is 4.57 Å². The molecule has 1 saturated heterocycles. The maximum Gasteiger partial charge on any atom is 0.296 e. The van der Waals surface area contributed by atoms with Gasteiger partial charge in [0.05, 0.1) is 24.2 Å². The number of morpholine rings is 1. The summed E-state index contributed by atoms with van der Waals surface area (Å²) in [6, 6.07) is 9.17. The minimum Gasteiger partial charge on any atom is -0.378 e. The minimum atomic E-state index is -2.76. The number of aromatic nitrogens is 4. The molecule has 1 aliphatic heterocycles. The lowest BCUT2D eigenvalue weighted by molar-refractivity contribution is -0.130. The van der Waals surface area contributed by atoms with Crippen LogP contribution in [0.1, 0.15) is 44.9 Å². The second-order valence-electron chi connectivity index (χ2n) is 9.38. The van der Waals surface area contributed by atoms with Gasteiger partial charge in [0.25, 0.3) is 6.43 Å². The van der Waals surface area contributed by atoms with E-state index >= 15 is 0 Å². The van der Waals surface area contributed by atoms with Gasteiger partial charge in [0.15, 0.2) is 5.82 Å². The van der Waals surface area contributed by atoms with Gasteiger partial charge in [-0.2, -0.15) is 9.97 Å². The number of benzene rings is 1. The Morgan fingerprint density at radius 2 is 1.78 bits per heavy atom. The molecule has 0 atom stereocenters. The van der Waals surface area contributed by atoms with E-state index < -0.39 is 6.43 Å². The second kappa shape index (κ2) is 10.3. The molecule has 1 amide bonds. The molecule has 0 unspecified atom stereocenters.